The number of alkyl halides is 4. The second kappa shape index (κ2) is 13.2. The standard InChI is InChI=1S/C35H29ClF6N6O3/c1-34(2,51)10-8-20-4-5-21(22-6-7-24(36)27-30(22)47(3)46-33(27)50)28(43-20)25(14-17-12-18(37)15-19(38)13-17)44-26(49)16-48-31-23(9-11-35(31,41)42)29(45-48)32(39)40/h4-7,12-13,15,25,32,51H,9,11,14,16H2,1-3H3,(H,44,49)(H,46,50)/t25-/m0/s1. The van der Waals surface area contributed by atoms with Gasteiger partial charge in [-0.1, -0.05) is 23.6 Å². The largest absolute Gasteiger partial charge is 0.378 e. The Kier molecular flexibility index (Phi) is 9.28. The molecule has 0 radical (unpaired) electrons. The third-order valence-corrected chi connectivity index (χ3v) is 8.63. The lowest BCUT2D eigenvalue weighted by Gasteiger charge is -2.23. The van der Waals surface area contributed by atoms with Crippen molar-refractivity contribution in [2.45, 2.75) is 63.6 Å². The van der Waals surface area contributed by atoms with E-state index in [1.807, 2.05) is 0 Å². The highest BCUT2D eigenvalue weighted by atomic mass is 35.5. The van der Waals surface area contributed by atoms with Crippen LogP contribution in [0.5, 0.6) is 0 Å². The summed E-state index contributed by atoms with van der Waals surface area (Å²) in [6, 6.07) is 7.64. The molecule has 0 saturated heterocycles. The number of pyridine rings is 1. The Labute approximate surface area is 291 Å². The molecule has 266 valence electrons. The van der Waals surface area contributed by atoms with Crippen LogP contribution in [-0.2, 0) is 37.2 Å². The van der Waals surface area contributed by atoms with Gasteiger partial charge in [0, 0.05) is 36.2 Å². The molecule has 0 unspecified atom stereocenters. The lowest BCUT2D eigenvalue weighted by molar-refractivity contribution is -0.122. The van der Waals surface area contributed by atoms with Crippen LogP contribution in [0.15, 0.2) is 47.3 Å². The van der Waals surface area contributed by atoms with Crippen LogP contribution in [0.2, 0.25) is 5.02 Å². The van der Waals surface area contributed by atoms with Crippen molar-refractivity contribution in [1.29, 1.82) is 0 Å². The van der Waals surface area contributed by atoms with Crippen molar-refractivity contribution in [2.24, 2.45) is 7.05 Å². The van der Waals surface area contributed by atoms with Crippen molar-refractivity contribution in [2.75, 3.05) is 0 Å². The van der Waals surface area contributed by atoms with Crippen molar-refractivity contribution >= 4 is 28.4 Å². The van der Waals surface area contributed by atoms with Gasteiger partial charge in [-0.05, 0) is 68.5 Å². The lowest BCUT2D eigenvalue weighted by Crippen LogP contribution is -2.35. The van der Waals surface area contributed by atoms with E-state index >= 15 is 0 Å². The molecule has 0 aliphatic heterocycles. The van der Waals surface area contributed by atoms with Crippen molar-refractivity contribution in [3.8, 4) is 23.0 Å². The number of benzene rings is 2. The lowest BCUT2D eigenvalue weighted by atomic mass is 9.93. The van der Waals surface area contributed by atoms with Crippen LogP contribution in [0.4, 0.5) is 26.3 Å². The van der Waals surface area contributed by atoms with Crippen LogP contribution in [0, 0.1) is 23.5 Å². The summed E-state index contributed by atoms with van der Waals surface area (Å²) in [5.74, 6) is -0.904. The number of aromatic nitrogens is 5. The Morgan fingerprint density at radius 2 is 1.80 bits per heavy atom. The first-order valence-electron chi connectivity index (χ1n) is 15.6. The van der Waals surface area contributed by atoms with Gasteiger partial charge in [-0.3, -0.25) is 24.1 Å². The molecule has 3 heterocycles. The molecule has 5 aromatic rings. The fourth-order valence-corrected chi connectivity index (χ4v) is 6.53. The molecule has 2 aromatic carbocycles. The second-order valence-corrected chi connectivity index (χ2v) is 13.1. The highest BCUT2D eigenvalue weighted by Gasteiger charge is 2.46. The first-order chi connectivity index (χ1) is 23.9. The maximum Gasteiger partial charge on any atom is 0.290 e. The number of amides is 1. The average Bonchev–Trinajstić information content (AvgIpc) is 3.66. The van der Waals surface area contributed by atoms with Gasteiger partial charge in [0.25, 0.3) is 17.9 Å². The molecule has 0 fully saturated rings. The number of carbonyl (C=O) groups is 1. The Bertz CT molecular complexity index is 2290. The molecule has 1 atom stereocenters. The molecule has 1 aliphatic carbocycles. The fraction of sp³-hybridized carbons (Fsp3) is 0.314. The third-order valence-electron chi connectivity index (χ3n) is 8.31. The molecular formula is C35H29ClF6N6O3. The molecule has 16 heteroatoms. The molecular weight excluding hydrogens is 702 g/mol. The number of rotatable bonds is 8. The predicted molar refractivity (Wildman–Crippen MR) is 175 cm³/mol. The van der Waals surface area contributed by atoms with Crippen molar-refractivity contribution in [3.05, 3.63) is 103 Å². The maximum atomic E-state index is 14.9. The monoisotopic (exact) mass is 730 g/mol. The SMILES string of the molecule is Cn1[nH]c(=O)c2c(Cl)ccc(-c3ccc(C#CC(C)(C)O)nc3[C@H](Cc3cc(F)cc(F)c3)NC(=O)Cn3nc(C(F)F)c4c3C(F)(F)CC4)c21. The number of nitrogens with one attached hydrogen (secondary N) is 2. The van der Waals surface area contributed by atoms with E-state index in [-0.39, 0.29) is 45.8 Å². The van der Waals surface area contributed by atoms with E-state index in [2.05, 4.69) is 32.3 Å². The van der Waals surface area contributed by atoms with E-state index < -0.39 is 71.4 Å². The van der Waals surface area contributed by atoms with Gasteiger partial charge < -0.3 is 10.4 Å². The van der Waals surface area contributed by atoms with Gasteiger partial charge in [-0.25, -0.2) is 22.5 Å². The smallest absolute Gasteiger partial charge is 0.290 e. The van der Waals surface area contributed by atoms with Gasteiger partial charge in [0.1, 0.15) is 40.9 Å². The topological polar surface area (TPSA) is 118 Å². The van der Waals surface area contributed by atoms with Crippen LogP contribution in [0.25, 0.3) is 22.0 Å². The van der Waals surface area contributed by atoms with Crippen LogP contribution < -0.4 is 10.9 Å². The number of hydrogen-bond acceptors (Lipinski definition) is 5. The Balaban J connectivity index is 1.52. The number of aromatic amines is 1. The minimum Gasteiger partial charge on any atom is -0.378 e. The minimum absolute atomic E-state index is 0.0668. The molecule has 1 amide bonds. The van der Waals surface area contributed by atoms with Crippen molar-refractivity contribution in [1.82, 2.24) is 29.9 Å². The third kappa shape index (κ3) is 7.24. The summed E-state index contributed by atoms with van der Waals surface area (Å²) >= 11 is 6.38. The molecule has 0 spiro atoms. The molecule has 0 saturated carbocycles. The number of aliphatic hydroxyl groups is 1. The summed E-state index contributed by atoms with van der Waals surface area (Å²) < 4.78 is 88.0. The van der Waals surface area contributed by atoms with Gasteiger partial charge >= 0.3 is 0 Å². The van der Waals surface area contributed by atoms with E-state index in [4.69, 9.17) is 11.6 Å². The van der Waals surface area contributed by atoms with Gasteiger partial charge in [0.15, 0.2) is 0 Å². The van der Waals surface area contributed by atoms with Crippen LogP contribution >= 0.6 is 11.6 Å². The number of H-pyrrole nitrogens is 1. The van der Waals surface area contributed by atoms with E-state index in [9.17, 15) is 41.0 Å². The number of nitrogens with zero attached hydrogens (tertiary/aromatic N) is 4. The summed E-state index contributed by atoms with van der Waals surface area (Å²) in [6.45, 7) is 2.00. The Morgan fingerprint density at radius 3 is 2.47 bits per heavy atom. The average molecular weight is 731 g/mol. The summed E-state index contributed by atoms with van der Waals surface area (Å²) in [5.41, 5.74) is -2.55. The van der Waals surface area contributed by atoms with Gasteiger partial charge in [-0.15, -0.1) is 0 Å². The first-order valence-corrected chi connectivity index (χ1v) is 15.9. The zero-order valence-corrected chi connectivity index (χ0v) is 28.0. The molecule has 3 N–H and O–H groups in total. The van der Waals surface area contributed by atoms with E-state index in [1.54, 1.807) is 19.2 Å². The van der Waals surface area contributed by atoms with Crippen molar-refractivity contribution < 1.29 is 36.2 Å². The number of carbonyl (C=O) groups excluding carboxylic acids is 1. The molecule has 3 aromatic heterocycles. The fourth-order valence-electron chi connectivity index (χ4n) is 6.29. The molecule has 9 nitrogen and oxygen atoms in total. The molecule has 6 rings (SSSR count). The number of halogens is 7. The van der Waals surface area contributed by atoms with E-state index in [0.29, 0.717) is 27.4 Å². The second-order valence-electron chi connectivity index (χ2n) is 12.7. The molecule has 0 bridgehead atoms. The first kappa shape index (κ1) is 35.7. The zero-order chi connectivity index (χ0) is 37.0. The summed E-state index contributed by atoms with van der Waals surface area (Å²) in [7, 11) is 1.57. The molecule has 51 heavy (non-hydrogen) atoms. The van der Waals surface area contributed by atoms with Crippen LogP contribution in [-0.4, -0.2) is 41.2 Å². The Morgan fingerprint density at radius 1 is 1.12 bits per heavy atom. The van der Waals surface area contributed by atoms with Gasteiger partial charge in [-0.2, -0.15) is 13.9 Å². The van der Waals surface area contributed by atoms with E-state index in [0.717, 1.165) is 12.1 Å². The minimum atomic E-state index is -3.51. The van der Waals surface area contributed by atoms with Gasteiger partial charge in [0.2, 0.25) is 5.91 Å². The van der Waals surface area contributed by atoms with Crippen molar-refractivity contribution in [3.63, 3.8) is 0 Å². The summed E-state index contributed by atoms with van der Waals surface area (Å²) in [5, 5.41) is 19.5. The van der Waals surface area contributed by atoms with Crippen LogP contribution in [0.3, 0.4) is 0 Å². The Hall–Kier alpha value is -5.07. The van der Waals surface area contributed by atoms with Gasteiger partial charge in [0.05, 0.1) is 27.7 Å². The number of hydrogen-bond donors (Lipinski definition) is 3. The maximum absolute atomic E-state index is 14.9. The number of aryl methyl sites for hydroxylation is 1. The molecule has 1 aliphatic rings. The summed E-state index contributed by atoms with van der Waals surface area (Å²) in [4.78, 5) is 31.2. The normalized spacial score (nSPS) is 14.4. The highest BCUT2D eigenvalue weighted by molar-refractivity contribution is 6.35. The predicted octanol–water partition coefficient (Wildman–Crippen LogP) is 6.25. The van der Waals surface area contributed by atoms with E-state index in [1.165, 1.54) is 30.7 Å². The quantitative estimate of drug-likeness (QED) is 0.129. The summed E-state index contributed by atoms with van der Waals surface area (Å²) in [6.07, 6.45) is -4.53. The highest BCUT2D eigenvalue weighted by Crippen LogP contribution is 2.45. The number of fused-ring (bicyclic) bond motifs is 2. The van der Waals surface area contributed by atoms with Crippen LogP contribution in [0.1, 0.15) is 66.6 Å². The zero-order valence-electron chi connectivity index (χ0n) is 27.2.